The van der Waals surface area contributed by atoms with Crippen molar-refractivity contribution < 1.29 is 14.7 Å². The van der Waals surface area contributed by atoms with Gasteiger partial charge in [-0.25, -0.2) is 4.79 Å². The van der Waals surface area contributed by atoms with Crippen LogP contribution in [0.4, 0.5) is 0 Å². The van der Waals surface area contributed by atoms with Crippen LogP contribution in [0.2, 0.25) is 0 Å². The standard InChI is InChI=1S/C8H9NO3S2/c1-2-13-8-6(7(11)12)9-4(10)3-5(9)14-8/h5H,2-3H2,1H3,(H,11,12). The van der Waals surface area contributed by atoms with Crippen molar-refractivity contribution in [2.24, 2.45) is 0 Å². The predicted octanol–water partition coefficient (Wildman–Crippen LogP) is 1.30. The van der Waals surface area contributed by atoms with Gasteiger partial charge in [0.05, 0.1) is 16.0 Å². The van der Waals surface area contributed by atoms with Crippen LogP contribution in [0.5, 0.6) is 0 Å². The third kappa shape index (κ3) is 1.33. The van der Waals surface area contributed by atoms with Crippen LogP contribution in [0.25, 0.3) is 0 Å². The summed E-state index contributed by atoms with van der Waals surface area (Å²) in [7, 11) is 0. The minimum atomic E-state index is -0.996. The zero-order valence-corrected chi connectivity index (χ0v) is 9.15. The Hall–Kier alpha value is -0.620. The van der Waals surface area contributed by atoms with Crippen LogP contribution >= 0.6 is 23.5 Å². The highest BCUT2D eigenvalue weighted by Crippen LogP contribution is 2.50. The Morgan fingerprint density at radius 1 is 1.79 bits per heavy atom. The van der Waals surface area contributed by atoms with E-state index < -0.39 is 5.97 Å². The first-order chi connectivity index (χ1) is 6.65. The maximum absolute atomic E-state index is 11.2. The van der Waals surface area contributed by atoms with Crippen molar-refractivity contribution in [3.63, 3.8) is 0 Å². The van der Waals surface area contributed by atoms with Gasteiger partial charge < -0.3 is 5.11 Å². The van der Waals surface area contributed by atoms with E-state index in [4.69, 9.17) is 5.11 Å². The van der Waals surface area contributed by atoms with Gasteiger partial charge in [0.25, 0.3) is 0 Å². The Bertz CT molecular complexity index is 339. The van der Waals surface area contributed by atoms with Crippen molar-refractivity contribution in [2.75, 3.05) is 5.75 Å². The molecule has 76 valence electrons. The van der Waals surface area contributed by atoms with Crippen LogP contribution in [0.1, 0.15) is 13.3 Å². The van der Waals surface area contributed by atoms with Gasteiger partial charge in [-0.15, -0.1) is 11.8 Å². The third-order valence-electron chi connectivity index (χ3n) is 2.06. The zero-order chi connectivity index (χ0) is 10.3. The largest absolute Gasteiger partial charge is 0.477 e. The number of thioether (sulfide) groups is 2. The Balaban J connectivity index is 2.28. The van der Waals surface area contributed by atoms with Crippen LogP contribution in [-0.2, 0) is 9.59 Å². The molecule has 0 bridgehead atoms. The summed E-state index contributed by atoms with van der Waals surface area (Å²) in [5, 5.41) is 9.02. The quantitative estimate of drug-likeness (QED) is 0.742. The van der Waals surface area contributed by atoms with Crippen molar-refractivity contribution in [1.82, 2.24) is 4.90 Å². The number of carboxylic acid groups (broad SMARTS) is 1. The van der Waals surface area contributed by atoms with Crippen LogP contribution in [-0.4, -0.2) is 33.0 Å². The Morgan fingerprint density at radius 2 is 2.50 bits per heavy atom. The number of amides is 1. The van der Waals surface area contributed by atoms with Crippen LogP contribution in [0.15, 0.2) is 9.93 Å². The third-order valence-corrected chi connectivity index (χ3v) is 4.50. The number of β-lactam (4-membered cyclic amide) rings is 1. The van der Waals surface area contributed by atoms with Gasteiger partial charge in [-0.3, -0.25) is 9.69 Å². The summed E-state index contributed by atoms with van der Waals surface area (Å²) >= 11 is 2.98. The lowest BCUT2D eigenvalue weighted by Crippen LogP contribution is -2.48. The molecule has 1 fully saturated rings. The van der Waals surface area contributed by atoms with E-state index in [1.807, 2.05) is 6.92 Å². The maximum Gasteiger partial charge on any atom is 0.354 e. The molecule has 2 aliphatic rings. The van der Waals surface area contributed by atoms with E-state index in [2.05, 4.69) is 0 Å². The van der Waals surface area contributed by atoms with Crippen molar-refractivity contribution in [2.45, 2.75) is 18.7 Å². The summed E-state index contributed by atoms with van der Waals surface area (Å²) < 4.78 is 0.774. The molecule has 1 atom stereocenters. The highest BCUT2D eigenvalue weighted by atomic mass is 32.2. The normalized spacial score (nSPS) is 25.1. The number of carbonyl (C=O) groups excluding carboxylic acids is 1. The highest BCUT2D eigenvalue weighted by Gasteiger charge is 2.48. The molecule has 0 saturated carbocycles. The SMILES string of the molecule is CCSC1=C(C(=O)O)N2C(=O)CC2S1. The van der Waals surface area contributed by atoms with E-state index in [1.165, 1.54) is 28.4 Å². The van der Waals surface area contributed by atoms with Gasteiger partial charge in [-0.05, 0) is 5.75 Å². The van der Waals surface area contributed by atoms with Gasteiger partial charge in [0.15, 0.2) is 5.70 Å². The lowest BCUT2D eigenvalue weighted by Gasteiger charge is -2.33. The van der Waals surface area contributed by atoms with Crippen LogP contribution in [0.3, 0.4) is 0 Å². The summed E-state index contributed by atoms with van der Waals surface area (Å²) in [5.41, 5.74) is 0.183. The number of nitrogens with zero attached hydrogens (tertiary/aromatic N) is 1. The Labute approximate surface area is 89.7 Å². The molecule has 0 spiro atoms. The fourth-order valence-electron chi connectivity index (χ4n) is 1.45. The van der Waals surface area contributed by atoms with E-state index in [-0.39, 0.29) is 17.0 Å². The first-order valence-electron chi connectivity index (χ1n) is 4.24. The molecule has 0 aromatic carbocycles. The first kappa shape index (κ1) is 9.92. The second-order valence-electron chi connectivity index (χ2n) is 2.91. The summed E-state index contributed by atoms with van der Waals surface area (Å²) in [6.45, 7) is 1.97. The van der Waals surface area contributed by atoms with E-state index in [1.54, 1.807) is 0 Å². The van der Waals surface area contributed by atoms with Crippen molar-refractivity contribution >= 4 is 35.4 Å². The molecule has 0 aromatic heterocycles. The molecular weight excluding hydrogens is 222 g/mol. The topological polar surface area (TPSA) is 57.6 Å². The van der Waals surface area contributed by atoms with E-state index >= 15 is 0 Å². The number of aliphatic carboxylic acids is 1. The molecule has 0 aromatic rings. The van der Waals surface area contributed by atoms with Gasteiger partial charge >= 0.3 is 5.97 Å². The number of rotatable bonds is 3. The van der Waals surface area contributed by atoms with Gasteiger partial charge in [-0.1, -0.05) is 18.7 Å². The molecule has 1 N–H and O–H groups in total. The fourth-order valence-corrected chi connectivity index (χ4v) is 4.09. The minimum Gasteiger partial charge on any atom is -0.477 e. The molecule has 2 aliphatic heterocycles. The average molecular weight is 231 g/mol. The summed E-state index contributed by atoms with van der Waals surface area (Å²) in [4.78, 5) is 23.5. The Kier molecular flexibility index (Phi) is 2.48. The second-order valence-corrected chi connectivity index (χ2v) is 5.64. The van der Waals surface area contributed by atoms with Gasteiger partial charge in [0.1, 0.15) is 0 Å². The molecule has 1 saturated heterocycles. The monoisotopic (exact) mass is 231 g/mol. The second kappa shape index (κ2) is 3.51. The smallest absolute Gasteiger partial charge is 0.354 e. The van der Waals surface area contributed by atoms with Gasteiger partial charge in [0, 0.05) is 0 Å². The highest BCUT2D eigenvalue weighted by molar-refractivity contribution is 8.22. The number of carboxylic acids is 1. The number of carbonyl (C=O) groups is 2. The average Bonchev–Trinajstić information content (AvgIpc) is 2.39. The predicted molar refractivity (Wildman–Crippen MR) is 55.6 cm³/mol. The van der Waals surface area contributed by atoms with Crippen molar-refractivity contribution in [3.05, 3.63) is 9.93 Å². The van der Waals surface area contributed by atoms with Gasteiger partial charge in [0.2, 0.25) is 5.91 Å². The minimum absolute atomic E-state index is 0.0441. The van der Waals surface area contributed by atoms with Crippen molar-refractivity contribution in [3.8, 4) is 0 Å². The molecular formula is C8H9NO3S2. The van der Waals surface area contributed by atoms with Gasteiger partial charge in [-0.2, -0.15) is 0 Å². The molecule has 2 heterocycles. The zero-order valence-electron chi connectivity index (χ0n) is 7.52. The molecule has 1 unspecified atom stereocenters. The van der Waals surface area contributed by atoms with E-state index in [0.717, 1.165) is 9.99 Å². The summed E-state index contributed by atoms with van der Waals surface area (Å²) in [6.07, 6.45) is 0.467. The Morgan fingerprint density at radius 3 is 3.00 bits per heavy atom. The van der Waals surface area contributed by atoms with Crippen LogP contribution in [0, 0.1) is 0 Å². The molecule has 2 rings (SSSR count). The number of hydrogen-bond acceptors (Lipinski definition) is 4. The fraction of sp³-hybridized carbons (Fsp3) is 0.500. The lowest BCUT2D eigenvalue weighted by molar-refractivity contribution is -0.145. The molecule has 1 amide bonds. The van der Waals surface area contributed by atoms with Crippen molar-refractivity contribution in [1.29, 1.82) is 0 Å². The molecule has 4 nitrogen and oxygen atoms in total. The first-order valence-corrected chi connectivity index (χ1v) is 6.10. The van der Waals surface area contributed by atoms with E-state index in [9.17, 15) is 9.59 Å². The lowest BCUT2D eigenvalue weighted by atomic mass is 10.2. The van der Waals surface area contributed by atoms with E-state index in [0.29, 0.717) is 6.42 Å². The maximum atomic E-state index is 11.2. The molecule has 0 aliphatic carbocycles. The summed E-state index contributed by atoms with van der Waals surface area (Å²) in [5.74, 6) is -0.246. The molecule has 6 heteroatoms. The molecule has 0 radical (unpaired) electrons. The number of hydrogen-bond donors (Lipinski definition) is 1. The number of fused-ring (bicyclic) bond motifs is 1. The van der Waals surface area contributed by atoms with Crippen LogP contribution < -0.4 is 0 Å². The molecule has 14 heavy (non-hydrogen) atoms. The summed E-state index contributed by atoms with van der Waals surface area (Å²) in [6, 6.07) is 0.